The van der Waals surface area contributed by atoms with Gasteiger partial charge in [0.1, 0.15) is 0 Å². The van der Waals surface area contributed by atoms with Crippen LogP contribution in [0, 0.1) is 0 Å². The number of hydrogen-bond donors (Lipinski definition) is 1. The number of nitrogens with one attached hydrogen (secondary N) is 1. The Morgan fingerprint density at radius 3 is 2.42 bits per heavy atom. The van der Waals surface area contributed by atoms with Gasteiger partial charge in [-0.15, -0.1) is 0 Å². The van der Waals surface area contributed by atoms with Gasteiger partial charge in [-0.25, -0.2) is 8.78 Å². The molecular formula is C6H7F4NO. The van der Waals surface area contributed by atoms with Gasteiger partial charge < -0.3 is 5.32 Å². The summed E-state index contributed by atoms with van der Waals surface area (Å²) in [4.78, 5) is 10.3. The summed E-state index contributed by atoms with van der Waals surface area (Å²) in [7, 11) is 0. The molecule has 1 N–H and O–H groups in total. The van der Waals surface area contributed by atoms with E-state index in [1.807, 2.05) is 0 Å². The SMILES string of the molecule is C=CC(=O)NCC(F)(F)C(F)F. The van der Waals surface area contributed by atoms with Crippen LogP contribution in [0.5, 0.6) is 0 Å². The molecule has 0 unspecified atom stereocenters. The average molecular weight is 185 g/mol. The molecule has 0 saturated heterocycles. The minimum atomic E-state index is -4.18. The lowest BCUT2D eigenvalue weighted by atomic mass is 10.3. The molecule has 0 aromatic rings. The maximum atomic E-state index is 12.0. The third kappa shape index (κ3) is 3.36. The molecule has 70 valence electrons. The summed E-state index contributed by atoms with van der Waals surface area (Å²) in [6.45, 7) is 1.58. The molecule has 0 aromatic heterocycles. The topological polar surface area (TPSA) is 29.1 Å². The predicted octanol–water partition coefficient (Wildman–Crippen LogP) is 1.19. The second kappa shape index (κ2) is 4.08. The lowest BCUT2D eigenvalue weighted by molar-refractivity contribution is -0.134. The molecule has 0 saturated carbocycles. The molecular weight excluding hydrogens is 178 g/mol. The Morgan fingerprint density at radius 1 is 1.58 bits per heavy atom. The van der Waals surface area contributed by atoms with Crippen LogP contribution < -0.4 is 5.32 Å². The second-order valence-corrected chi connectivity index (χ2v) is 1.98. The largest absolute Gasteiger partial charge is 0.346 e. The van der Waals surface area contributed by atoms with Gasteiger partial charge in [-0.2, -0.15) is 8.78 Å². The Balaban J connectivity index is 3.91. The van der Waals surface area contributed by atoms with E-state index < -0.39 is 24.8 Å². The minimum Gasteiger partial charge on any atom is -0.346 e. The van der Waals surface area contributed by atoms with Crippen molar-refractivity contribution in [3.8, 4) is 0 Å². The normalized spacial score (nSPS) is 11.4. The van der Waals surface area contributed by atoms with Gasteiger partial charge in [0.05, 0.1) is 6.54 Å². The van der Waals surface area contributed by atoms with Gasteiger partial charge in [-0.05, 0) is 6.08 Å². The number of carbonyl (C=O) groups is 1. The zero-order chi connectivity index (χ0) is 9.78. The molecule has 12 heavy (non-hydrogen) atoms. The molecule has 0 aliphatic carbocycles. The Morgan fingerprint density at radius 2 is 2.08 bits per heavy atom. The summed E-state index contributed by atoms with van der Waals surface area (Å²) in [5.41, 5.74) is 0. The van der Waals surface area contributed by atoms with Crippen molar-refractivity contribution in [3.63, 3.8) is 0 Å². The smallest absolute Gasteiger partial charge is 0.324 e. The van der Waals surface area contributed by atoms with E-state index in [0.717, 1.165) is 6.08 Å². The highest BCUT2D eigenvalue weighted by atomic mass is 19.3. The van der Waals surface area contributed by atoms with E-state index in [1.54, 1.807) is 5.32 Å². The number of hydrogen-bond acceptors (Lipinski definition) is 1. The number of alkyl halides is 4. The van der Waals surface area contributed by atoms with E-state index in [1.165, 1.54) is 0 Å². The standard InChI is InChI=1S/C6H7F4NO/c1-2-4(12)11-3-6(9,10)5(7)8/h2,5H,1,3H2,(H,11,12). The van der Waals surface area contributed by atoms with Crippen LogP contribution in [0.1, 0.15) is 0 Å². The highest BCUT2D eigenvalue weighted by Gasteiger charge is 2.40. The molecule has 1 amide bonds. The summed E-state index contributed by atoms with van der Waals surface area (Å²) in [6, 6.07) is 0. The fraction of sp³-hybridized carbons (Fsp3) is 0.500. The zero-order valence-corrected chi connectivity index (χ0v) is 5.99. The van der Waals surface area contributed by atoms with Crippen LogP contribution in [0.3, 0.4) is 0 Å². The third-order valence-corrected chi connectivity index (χ3v) is 1.00. The molecule has 0 spiro atoms. The van der Waals surface area contributed by atoms with Gasteiger partial charge in [-0.3, -0.25) is 4.79 Å². The molecule has 0 heterocycles. The first-order valence-electron chi connectivity index (χ1n) is 2.96. The summed E-state index contributed by atoms with van der Waals surface area (Å²) < 4.78 is 47.0. The van der Waals surface area contributed by atoms with Crippen molar-refractivity contribution in [1.82, 2.24) is 5.32 Å². The van der Waals surface area contributed by atoms with Crippen LogP contribution >= 0.6 is 0 Å². The first kappa shape index (κ1) is 10.9. The summed E-state index contributed by atoms with van der Waals surface area (Å²) in [5.74, 6) is -5.09. The molecule has 6 heteroatoms. The lowest BCUT2D eigenvalue weighted by Gasteiger charge is -2.14. The van der Waals surface area contributed by atoms with Crippen molar-refractivity contribution < 1.29 is 22.4 Å². The van der Waals surface area contributed by atoms with E-state index in [4.69, 9.17) is 0 Å². The lowest BCUT2D eigenvalue weighted by Crippen LogP contribution is -2.40. The number of amides is 1. The number of rotatable bonds is 4. The Labute approximate surface area is 66.2 Å². The second-order valence-electron chi connectivity index (χ2n) is 1.98. The molecule has 0 fully saturated rings. The average Bonchev–Trinajstić information content (AvgIpc) is 2.00. The van der Waals surface area contributed by atoms with Gasteiger partial charge in [0.25, 0.3) is 0 Å². The molecule has 0 aliphatic heterocycles. The van der Waals surface area contributed by atoms with E-state index >= 15 is 0 Å². The van der Waals surface area contributed by atoms with Crippen LogP contribution in [0.4, 0.5) is 17.6 Å². The summed E-state index contributed by atoms with van der Waals surface area (Å²) >= 11 is 0. The van der Waals surface area contributed by atoms with Crippen molar-refractivity contribution in [1.29, 1.82) is 0 Å². The highest BCUT2D eigenvalue weighted by molar-refractivity contribution is 5.86. The summed E-state index contributed by atoms with van der Waals surface area (Å²) in [5, 5.41) is 1.57. The molecule has 0 radical (unpaired) electrons. The van der Waals surface area contributed by atoms with E-state index in [-0.39, 0.29) is 0 Å². The molecule has 0 aromatic carbocycles. The summed E-state index contributed by atoms with van der Waals surface area (Å²) in [6.07, 6.45) is -3.05. The Hall–Kier alpha value is -1.07. The van der Waals surface area contributed by atoms with E-state index in [9.17, 15) is 22.4 Å². The Bertz CT molecular complexity index is 180. The first-order valence-corrected chi connectivity index (χ1v) is 2.96. The molecule has 0 aliphatic rings. The van der Waals surface area contributed by atoms with E-state index in [2.05, 4.69) is 6.58 Å². The highest BCUT2D eigenvalue weighted by Crippen LogP contribution is 2.21. The minimum absolute atomic E-state index is 0.724. The molecule has 0 bridgehead atoms. The zero-order valence-electron chi connectivity index (χ0n) is 5.99. The van der Waals surface area contributed by atoms with Crippen LogP contribution in [0.2, 0.25) is 0 Å². The molecule has 0 atom stereocenters. The van der Waals surface area contributed by atoms with Crippen LogP contribution in [0.25, 0.3) is 0 Å². The molecule has 2 nitrogen and oxygen atoms in total. The van der Waals surface area contributed by atoms with Crippen LogP contribution in [-0.2, 0) is 4.79 Å². The van der Waals surface area contributed by atoms with Crippen LogP contribution in [-0.4, -0.2) is 24.8 Å². The maximum absolute atomic E-state index is 12.0. The maximum Gasteiger partial charge on any atom is 0.324 e. The quantitative estimate of drug-likeness (QED) is 0.517. The van der Waals surface area contributed by atoms with Crippen molar-refractivity contribution in [2.75, 3.05) is 6.54 Å². The monoisotopic (exact) mass is 185 g/mol. The van der Waals surface area contributed by atoms with Crippen molar-refractivity contribution in [2.24, 2.45) is 0 Å². The van der Waals surface area contributed by atoms with Crippen molar-refractivity contribution in [2.45, 2.75) is 12.3 Å². The third-order valence-electron chi connectivity index (χ3n) is 1.00. The number of halogens is 4. The number of carbonyl (C=O) groups excluding carboxylic acids is 1. The van der Waals surface area contributed by atoms with Gasteiger partial charge in [-0.1, -0.05) is 6.58 Å². The predicted molar refractivity (Wildman–Crippen MR) is 34.2 cm³/mol. The van der Waals surface area contributed by atoms with Crippen molar-refractivity contribution >= 4 is 5.91 Å². The fourth-order valence-electron chi connectivity index (χ4n) is 0.354. The Kier molecular flexibility index (Phi) is 3.72. The van der Waals surface area contributed by atoms with Gasteiger partial charge in [0.2, 0.25) is 5.91 Å². The van der Waals surface area contributed by atoms with Crippen molar-refractivity contribution in [3.05, 3.63) is 12.7 Å². The van der Waals surface area contributed by atoms with E-state index in [0.29, 0.717) is 0 Å². The van der Waals surface area contributed by atoms with Gasteiger partial charge in [0.15, 0.2) is 0 Å². The molecule has 0 rings (SSSR count). The first-order chi connectivity index (χ1) is 5.40. The van der Waals surface area contributed by atoms with Gasteiger partial charge >= 0.3 is 12.3 Å². The fourth-order valence-corrected chi connectivity index (χ4v) is 0.354. The van der Waals surface area contributed by atoms with Gasteiger partial charge in [0, 0.05) is 0 Å². The van der Waals surface area contributed by atoms with Crippen LogP contribution in [0.15, 0.2) is 12.7 Å².